The maximum atomic E-state index is 5.29. The zero-order valence-corrected chi connectivity index (χ0v) is 8.27. The summed E-state index contributed by atoms with van der Waals surface area (Å²) in [6, 6.07) is 0. The fraction of sp³-hybridized carbons (Fsp3) is 0.400. The average Bonchev–Trinajstić information content (AvgIpc) is 2.19. The predicted octanol–water partition coefficient (Wildman–Crippen LogP) is 0.663. The maximum absolute atomic E-state index is 5.29. The Kier molecular flexibility index (Phi) is 15.9. The standard InChI is InChI=1S/C5H8N2S.2ClH.H2O/c6-2-1-5-7-3-4-8-5;;;/h3-4H,1-2,6H2;2*1H;1H2. The van der Waals surface area contributed by atoms with Crippen LogP contribution in [0.15, 0.2) is 11.6 Å². The molecule has 0 atom stereocenters. The van der Waals surface area contributed by atoms with E-state index in [1.165, 1.54) is 0 Å². The van der Waals surface area contributed by atoms with Crippen LogP contribution in [0.1, 0.15) is 5.01 Å². The van der Waals surface area contributed by atoms with Crippen molar-refractivity contribution in [2.45, 2.75) is 6.42 Å². The first kappa shape index (κ1) is 17.3. The van der Waals surface area contributed by atoms with E-state index in [0.29, 0.717) is 6.54 Å². The van der Waals surface area contributed by atoms with Crippen molar-refractivity contribution >= 4 is 36.2 Å². The topological polar surface area (TPSA) is 70.4 Å². The summed E-state index contributed by atoms with van der Waals surface area (Å²) in [6.07, 6.45) is 2.72. The summed E-state index contributed by atoms with van der Waals surface area (Å²) in [4.78, 5) is 4.04. The van der Waals surface area contributed by atoms with Gasteiger partial charge in [0.1, 0.15) is 0 Å². The molecule has 1 heterocycles. The van der Waals surface area contributed by atoms with Gasteiger partial charge in [-0.2, -0.15) is 0 Å². The second-order valence-corrected chi connectivity index (χ2v) is 2.44. The largest absolute Gasteiger partial charge is 0.412 e. The molecule has 1 rings (SSSR count). The molecule has 0 saturated heterocycles. The van der Waals surface area contributed by atoms with Crippen molar-refractivity contribution < 1.29 is 5.48 Å². The minimum atomic E-state index is 0. The number of nitrogens with zero attached hydrogens (tertiary/aromatic N) is 1. The zero-order valence-electron chi connectivity index (χ0n) is 5.82. The lowest BCUT2D eigenvalue weighted by molar-refractivity contribution is 0.824. The fourth-order valence-electron chi connectivity index (χ4n) is 0.500. The minimum Gasteiger partial charge on any atom is -0.412 e. The quantitative estimate of drug-likeness (QED) is 0.793. The Balaban J connectivity index is -0.000000213. The summed E-state index contributed by atoms with van der Waals surface area (Å²) in [7, 11) is 0. The van der Waals surface area contributed by atoms with Gasteiger partial charge in [-0.1, -0.05) is 0 Å². The molecule has 0 spiro atoms. The summed E-state index contributed by atoms with van der Waals surface area (Å²) in [5, 5.41) is 3.10. The molecule has 11 heavy (non-hydrogen) atoms. The van der Waals surface area contributed by atoms with Crippen LogP contribution < -0.4 is 5.73 Å². The van der Waals surface area contributed by atoms with E-state index < -0.39 is 0 Å². The van der Waals surface area contributed by atoms with Crippen LogP contribution in [0.3, 0.4) is 0 Å². The van der Waals surface area contributed by atoms with Gasteiger partial charge in [-0.25, -0.2) is 4.98 Å². The highest BCUT2D eigenvalue weighted by Crippen LogP contribution is 2.02. The third-order valence-corrected chi connectivity index (χ3v) is 1.68. The highest BCUT2D eigenvalue weighted by molar-refractivity contribution is 7.09. The maximum Gasteiger partial charge on any atom is 0.0937 e. The molecule has 0 saturated carbocycles. The monoisotopic (exact) mass is 218 g/mol. The molecule has 3 nitrogen and oxygen atoms in total. The van der Waals surface area contributed by atoms with E-state index in [-0.39, 0.29) is 30.3 Å². The molecule has 0 radical (unpaired) electrons. The number of nitrogens with two attached hydrogens (primary N) is 1. The summed E-state index contributed by atoms with van der Waals surface area (Å²) in [5.74, 6) is 0. The van der Waals surface area contributed by atoms with E-state index in [1.54, 1.807) is 17.5 Å². The molecule has 1 aromatic heterocycles. The van der Waals surface area contributed by atoms with Gasteiger partial charge in [0.25, 0.3) is 0 Å². The Morgan fingerprint density at radius 3 is 2.45 bits per heavy atom. The lowest BCUT2D eigenvalue weighted by atomic mass is 10.5. The van der Waals surface area contributed by atoms with Crippen LogP contribution in [-0.2, 0) is 6.42 Å². The number of aromatic nitrogens is 1. The molecule has 0 unspecified atom stereocenters. The van der Waals surface area contributed by atoms with E-state index in [2.05, 4.69) is 4.98 Å². The Hall–Kier alpha value is 0.130. The number of rotatable bonds is 2. The second kappa shape index (κ2) is 10.1. The summed E-state index contributed by atoms with van der Waals surface area (Å²) >= 11 is 1.66. The first-order valence-corrected chi connectivity index (χ1v) is 3.40. The Bertz CT molecular complexity index is 148. The first-order valence-electron chi connectivity index (χ1n) is 2.52. The minimum absolute atomic E-state index is 0. The van der Waals surface area contributed by atoms with Gasteiger partial charge in [0.15, 0.2) is 0 Å². The van der Waals surface area contributed by atoms with Crippen molar-refractivity contribution in [3.8, 4) is 0 Å². The van der Waals surface area contributed by atoms with Crippen LogP contribution in [0, 0.1) is 0 Å². The summed E-state index contributed by atoms with van der Waals surface area (Å²) in [5.41, 5.74) is 5.29. The van der Waals surface area contributed by atoms with Gasteiger partial charge in [0, 0.05) is 18.0 Å². The Morgan fingerprint density at radius 1 is 1.45 bits per heavy atom. The number of hydrogen-bond acceptors (Lipinski definition) is 3. The lowest BCUT2D eigenvalue weighted by Gasteiger charge is -1.84. The van der Waals surface area contributed by atoms with E-state index in [0.717, 1.165) is 11.4 Å². The molecule has 0 aliphatic carbocycles. The third-order valence-electron chi connectivity index (χ3n) is 0.842. The van der Waals surface area contributed by atoms with Gasteiger partial charge in [-0.05, 0) is 6.54 Å². The first-order chi connectivity index (χ1) is 3.93. The smallest absolute Gasteiger partial charge is 0.0937 e. The average molecular weight is 219 g/mol. The van der Waals surface area contributed by atoms with Gasteiger partial charge in [-0.15, -0.1) is 36.2 Å². The Labute approximate surface area is 82.1 Å². The van der Waals surface area contributed by atoms with Crippen molar-refractivity contribution in [2.24, 2.45) is 5.73 Å². The molecule has 0 aliphatic heterocycles. The van der Waals surface area contributed by atoms with Crippen LogP contribution in [0.25, 0.3) is 0 Å². The lowest BCUT2D eigenvalue weighted by Crippen LogP contribution is -2.01. The molecular formula is C5H12Cl2N2OS. The molecule has 0 aromatic carbocycles. The van der Waals surface area contributed by atoms with E-state index in [1.807, 2.05) is 5.38 Å². The molecule has 0 bridgehead atoms. The number of hydrogen-bond donors (Lipinski definition) is 1. The summed E-state index contributed by atoms with van der Waals surface area (Å²) < 4.78 is 0. The van der Waals surface area contributed by atoms with Gasteiger partial charge >= 0.3 is 0 Å². The van der Waals surface area contributed by atoms with Crippen molar-refractivity contribution in [2.75, 3.05) is 6.54 Å². The Morgan fingerprint density at radius 2 is 2.09 bits per heavy atom. The second-order valence-electron chi connectivity index (χ2n) is 1.46. The molecule has 1 aromatic rings. The van der Waals surface area contributed by atoms with Crippen LogP contribution in [0.2, 0.25) is 0 Å². The van der Waals surface area contributed by atoms with Gasteiger partial charge < -0.3 is 11.2 Å². The van der Waals surface area contributed by atoms with E-state index >= 15 is 0 Å². The molecule has 68 valence electrons. The SMILES string of the molecule is Cl.Cl.NCCc1nccs1.O. The normalized spacial score (nSPS) is 7.00. The summed E-state index contributed by atoms with van der Waals surface area (Å²) in [6.45, 7) is 0.702. The van der Waals surface area contributed by atoms with Crippen LogP contribution in [0.5, 0.6) is 0 Å². The fourth-order valence-corrected chi connectivity index (χ4v) is 1.14. The van der Waals surface area contributed by atoms with Crippen molar-refractivity contribution in [1.82, 2.24) is 4.98 Å². The van der Waals surface area contributed by atoms with E-state index in [9.17, 15) is 0 Å². The molecule has 0 amide bonds. The van der Waals surface area contributed by atoms with Crippen molar-refractivity contribution in [3.05, 3.63) is 16.6 Å². The van der Waals surface area contributed by atoms with Crippen LogP contribution in [-0.4, -0.2) is 17.0 Å². The van der Waals surface area contributed by atoms with E-state index in [4.69, 9.17) is 5.73 Å². The molecule has 4 N–H and O–H groups in total. The molecule has 0 fully saturated rings. The van der Waals surface area contributed by atoms with Crippen molar-refractivity contribution in [3.63, 3.8) is 0 Å². The molecule has 0 aliphatic rings. The highest BCUT2D eigenvalue weighted by Gasteiger charge is 1.89. The number of thiazole rings is 1. The van der Waals surface area contributed by atoms with Crippen molar-refractivity contribution in [1.29, 1.82) is 0 Å². The van der Waals surface area contributed by atoms with Gasteiger partial charge in [0.05, 0.1) is 5.01 Å². The molecular weight excluding hydrogens is 207 g/mol. The molecule has 6 heteroatoms. The predicted molar refractivity (Wildman–Crippen MR) is 53.0 cm³/mol. The van der Waals surface area contributed by atoms with Crippen LogP contribution in [0.4, 0.5) is 0 Å². The van der Waals surface area contributed by atoms with Gasteiger partial charge in [-0.3, -0.25) is 0 Å². The van der Waals surface area contributed by atoms with Crippen LogP contribution >= 0.6 is 36.2 Å². The zero-order chi connectivity index (χ0) is 5.82. The highest BCUT2D eigenvalue weighted by atomic mass is 35.5. The third kappa shape index (κ3) is 6.52. The number of halogens is 2. The van der Waals surface area contributed by atoms with Gasteiger partial charge in [0.2, 0.25) is 0 Å².